The van der Waals surface area contributed by atoms with Gasteiger partial charge < -0.3 is 10.1 Å². The van der Waals surface area contributed by atoms with E-state index in [-0.39, 0.29) is 0 Å². The van der Waals surface area contributed by atoms with E-state index >= 15 is 0 Å². The molecule has 3 rings (SSSR count). The Morgan fingerprint density at radius 3 is 2.72 bits per heavy atom. The van der Waals surface area contributed by atoms with Crippen LogP contribution in [0.25, 0.3) is 0 Å². The van der Waals surface area contributed by atoms with Crippen LogP contribution in [0.15, 0.2) is 48.5 Å². The Labute approximate surface area is 108 Å². The second kappa shape index (κ2) is 4.73. The first-order valence-corrected chi connectivity index (χ1v) is 6.36. The number of hydrogen-bond donors (Lipinski definition) is 1. The number of benzene rings is 2. The van der Waals surface area contributed by atoms with Gasteiger partial charge in [-0.15, -0.1) is 0 Å². The molecule has 0 saturated heterocycles. The highest BCUT2D eigenvalue weighted by atomic mass is 16.5. The Morgan fingerprint density at radius 1 is 1.11 bits per heavy atom. The van der Waals surface area contributed by atoms with Gasteiger partial charge in [-0.1, -0.05) is 36.4 Å². The molecule has 1 aliphatic rings. The zero-order valence-corrected chi connectivity index (χ0v) is 10.5. The van der Waals surface area contributed by atoms with Crippen LogP contribution in [0.3, 0.4) is 0 Å². The molecule has 1 N–H and O–H groups in total. The fourth-order valence-electron chi connectivity index (χ4n) is 2.38. The first kappa shape index (κ1) is 11.1. The third kappa shape index (κ3) is 2.19. The predicted octanol–water partition coefficient (Wildman–Crippen LogP) is 3.41. The third-order valence-electron chi connectivity index (χ3n) is 3.38. The van der Waals surface area contributed by atoms with Crippen molar-refractivity contribution in [3.8, 4) is 5.75 Å². The van der Waals surface area contributed by atoms with Crippen molar-refractivity contribution >= 4 is 5.69 Å². The summed E-state index contributed by atoms with van der Waals surface area (Å²) >= 11 is 0. The van der Waals surface area contributed by atoms with Crippen molar-refractivity contribution in [2.24, 2.45) is 0 Å². The second-order valence-electron chi connectivity index (χ2n) is 4.78. The van der Waals surface area contributed by atoms with Crippen LogP contribution in [0.4, 0.5) is 5.69 Å². The van der Waals surface area contributed by atoms with Gasteiger partial charge in [0, 0.05) is 5.69 Å². The lowest BCUT2D eigenvalue weighted by atomic mass is 10.1. The fourth-order valence-corrected chi connectivity index (χ4v) is 2.38. The largest absolute Gasteiger partial charge is 0.491 e. The minimum Gasteiger partial charge on any atom is -0.491 e. The summed E-state index contributed by atoms with van der Waals surface area (Å²) in [5.41, 5.74) is 3.82. The van der Waals surface area contributed by atoms with Gasteiger partial charge in [-0.3, -0.25) is 0 Å². The Bertz CT molecular complexity index is 525. The number of hydrogen-bond acceptors (Lipinski definition) is 2. The fraction of sp³-hybridized carbons (Fsp3) is 0.250. The maximum atomic E-state index is 5.89. The molecule has 2 heteroatoms. The number of aryl methyl sites for hydroxylation is 1. The van der Waals surface area contributed by atoms with E-state index in [1.54, 1.807) is 0 Å². The first-order valence-electron chi connectivity index (χ1n) is 6.36. The summed E-state index contributed by atoms with van der Waals surface area (Å²) in [6.07, 6.45) is 1.04. The standard InChI is InChI=1S/C16H17NO/c1-12-6-2-5-9-16(12)18-11-14-10-13-7-3-4-8-15(13)17-14/h2-9,14,17H,10-11H2,1H3. The predicted molar refractivity (Wildman–Crippen MR) is 74.2 cm³/mol. The highest BCUT2D eigenvalue weighted by molar-refractivity contribution is 5.56. The van der Waals surface area contributed by atoms with E-state index in [0.29, 0.717) is 12.6 Å². The van der Waals surface area contributed by atoms with E-state index in [9.17, 15) is 0 Å². The van der Waals surface area contributed by atoms with E-state index in [1.165, 1.54) is 16.8 Å². The molecule has 1 atom stereocenters. The molecule has 0 aliphatic carbocycles. The second-order valence-corrected chi connectivity index (χ2v) is 4.78. The summed E-state index contributed by atoms with van der Waals surface area (Å²) in [7, 11) is 0. The highest BCUT2D eigenvalue weighted by Crippen LogP contribution is 2.26. The number of ether oxygens (including phenoxy) is 1. The molecule has 18 heavy (non-hydrogen) atoms. The number of fused-ring (bicyclic) bond motifs is 1. The van der Waals surface area contributed by atoms with E-state index in [2.05, 4.69) is 42.6 Å². The van der Waals surface area contributed by atoms with E-state index in [0.717, 1.165) is 12.2 Å². The van der Waals surface area contributed by atoms with Crippen molar-refractivity contribution in [1.29, 1.82) is 0 Å². The van der Waals surface area contributed by atoms with Gasteiger partial charge in [0.1, 0.15) is 12.4 Å². The van der Waals surface area contributed by atoms with Gasteiger partial charge in [0.15, 0.2) is 0 Å². The van der Waals surface area contributed by atoms with Gasteiger partial charge in [0.2, 0.25) is 0 Å². The maximum absolute atomic E-state index is 5.89. The Balaban J connectivity index is 1.62. The van der Waals surface area contributed by atoms with E-state index in [4.69, 9.17) is 4.74 Å². The third-order valence-corrected chi connectivity index (χ3v) is 3.38. The Hall–Kier alpha value is -1.96. The quantitative estimate of drug-likeness (QED) is 0.886. The summed E-state index contributed by atoms with van der Waals surface area (Å²) < 4.78 is 5.89. The average molecular weight is 239 g/mol. The lowest BCUT2D eigenvalue weighted by Crippen LogP contribution is -2.24. The molecule has 0 bridgehead atoms. The molecular weight excluding hydrogens is 222 g/mol. The minimum absolute atomic E-state index is 0.377. The van der Waals surface area contributed by atoms with Crippen LogP contribution < -0.4 is 10.1 Å². The summed E-state index contributed by atoms with van der Waals surface area (Å²) in [5, 5.41) is 3.50. The summed E-state index contributed by atoms with van der Waals surface area (Å²) in [6.45, 7) is 2.78. The highest BCUT2D eigenvalue weighted by Gasteiger charge is 2.20. The minimum atomic E-state index is 0.377. The van der Waals surface area contributed by atoms with Gasteiger partial charge in [0.05, 0.1) is 6.04 Å². The molecule has 0 spiro atoms. The van der Waals surface area contributed by atoms with Crippen LogP contribution in [0.1, 0.15) is 11.1 Å². The first-order chi connectivity index (χ1) is 8.83. The van der Waals surface area contributed by atoms with Crippen LogP contribution in [-0.4, -0.2) is 12.6 Å². The molecule has 2 aromatic rings. The van der Waals surface area contributed by atoms with Gasteiger partial charge in [-0.25, -0.2) is 0 Å². The van der Waals surface area contributed by atoms with Crippen molar-refractivity contribution < 1.29 is 4.74 Å². The van der Waals surface area contributed by atoms with E-state index in [1.807, 2.05) is 18.2 Å². The molecule has 2 aromatic carbocycles. The van der Waals surface area contributed by atoms with Crippen LogP contribution in [0.5, 0.6) is 5.75 Å². The Morgan fingerprint density at radius 2 is 1.89 bits per heavy atom. The molecule has 1 unspecified atom stereocenters. The summed E-state index contributed by atoms with van der Waals surface area (Å²) in [4.78, 5) is 0. The summed E-state index contributed by atoms with van der Waals surface area (Å²) in [5.74, 6) is 0.982. The smallest absolute Gasteiger partial charge is 0.122 e. The lowest BCUT2D eigenvalue weighted by molar-refractivity contribution is 0.297. The molecule has 0 amide bonds. The molecule has 92 valence electrons. The van der Waals surface area contributed by atoms with Crippen LogP contribution in [0.2, 0.25) is 0 Å². The molecule has 0 radical (unpaired) electrons. The Kier molecular flexibility index (Phi) is 2.93. The molecule has 0 saturated carbocycles. The monoisotopic (exact) mass is 239 g/mol. The topological polar surface area (TPSA) is 21.3 Å². The van der Waals surface area contributed by atoms with Gasteiger partial charge >= 0.3 is 0 Å². The van der Waals surface area contributed by atoms with Crippen LogP contribution in [-0.2, 0) is 6.42 Å². The molecule has 0 fully saturated rings. The van der Waals surface area contributed by atoms with Gasteiger partial charge in [-0.2, -0.15) is 0 Å². The molecule has 0 aromatic heterocycles. The molecular formula is C16H17NO. The number of rotatable bonds is 3. The zero-order chi connectivity index (χ0) is 12.4. The van der Waals surface area contributed by atoms with Gasteiger partial charge in [-0.05, 0) is 36.6 Å². The van der Waals surface area contributed by atoms with Crippen molar-refractivity contribution in [3.63, 3.8) is 0 Å². The lowest BCUT2D eigenvalue weighted by Gasteiger charge is -2.14. The number of para-hydroxylation sites is 2. The van der Waals surface area contributed by atoms with Crippen molar-refractivity contribution in [2.45, 2.75) is 19.4 Å². The average Bonchev–Trinajstić information content (AvgIpc) is 2.80. The normalized spacial score (nSPS) is 17.1. The van der Waals surface area contributed by atoms with Crippen molar-refractivity contribution in [2.75, 3.05) is 11.9 Å². The van der Waals surface area contributed by atoms with Crippen molar-refractivity contribution in [3.05, 3.63) is 59.7 Å². The number of anilines is 1. The van der Waals surface area contributed by atoms with Gasteiger partial charge in [0.25, 0.3) is 0 Å². The summed E-state index contributed by atoms with van der Waals surface area (Å²) in [6, 6.07) is 17.0. The van der Waals surface area contributed by atoms with Crippen LogP contribution >= 0.6 is 0 Å². The SMILES string of the molecule is Cc1ccccc1OCC1Cc2ccccc2N1. The van der Waals surface area contributed by atoms with Crippen LogP contribution in [0, 0.1) is 6.92 Å². The molecule has 2 nitrogen and oxygen atoms in total. The maximum Gasteiger partial charge on any atom is 0.122 e. The zero-order valence-electron chi connectivity index (χ0n) is 10.5. The van der Waals surface area contributed by atoms with E-state index < -0.39 is 0 Å². The number of nitrogens with one attached hydrogen (secondary N) is 1. The molecule has 1 heterocycles. The molecule has 1 aliphatic heterocycles. The van der Waals surface area contributed by atoms with Crippen molar-refractivity contribution in [1.82, 2.24) is 0 Å².